The average molecular weight is 273 g/mol. The summed E-state index contributed by atoms with van der Waals surface area (Å²) in [6.45, 7) is 0.229. The minimum Gasteiger partial charge on any atom is -0.496 e. The standard InChI is InChI=1S/C14H15N3O3/c1-17(2)14-5-4-10(15-16-14)9-6-12-13(20-8-19-12)7-11(9)18-3/h4-7H,8H2,1-3H3. The van der Waals surface area contributed by atoms with Gasteiger partial charge in [0.05, 0.1) is 12.8 Å². The lowest BCUT2D eigenvalue weighted by molar-refractivity contribution is 0.174. The molecule has 0 saturated heterocycles. The minimum absolute atomic E-state index is 0.229. The summed E-state index contributed by atoms with van der Waals surface area (Å²) in [5.41, 5.74) is 1.56. The van der Waals surface area contributed by atoms with Gasteiger partial charge in [-0.15, -0.1) is 10.2 Å². The van der Waals surface area contributed by atoms with E-state index in [1.807, 2.05) is 37.2 Å². The molecule has 6 nitrogen and oxygen atoms in total. The zero-order valence-electron chi connectivity index (χ0n) is 11.6. The smallest absolute Gasteiger partial charge is 0.231 e. The van der Waals surface area contributed by atoms with Gasteiger partial charge < -0.3 is 19.1 Å². The van der Waals surface area contributed by atoms with Gasteiger partial charge >= 0.3 is 0 Å². The zero-order chi connectivity index (χ0) is 14.1. The Morgan fingerprint density at radius 3 is 2.45 bits per heavy atom. The second kappa shape index (κ2) is 4.88. The molecule has 0 N–H and O–H groups in total. The Morgan fingerprint density at radius 1 is 1.10 bits per heavy atom. The third kappa shape index (κ3) is 2.09. The lowest BCUT2D eigenvalue weighted by Crippen LogP contribution is -2.11. The first-order valence-corrected chi connectivity index (χ1v) is 6.18. The van der Waals surface area contributed by atoms with Gasteiger partial charge in [-0.3, -0.25) is 0 Å². The fourth-order valence-electron chi connectivity index (χ4n) is 2.00. The van der Waals surface area contributed by atoms with Crippen molar-refractivity contribution in [1.82, 2.24) is 10.2 Å². The van der Waals surface area contributed by atoms with Crippen LogP contribution >= 0.6 is 0 Å². The van der Waals surface area contributed by atoms with Crippen molar-refractivity contribution in [3.8, 4) is 28.5 Å². The summed E-state index contributed by atoms with van der Waals surface area (Å²) in [5, 5.41) is 8.41. The van der Waals surface area contributed by atoms with E-state index in [0.717, 1.165) is 17.1 Å². The van der Waals surface area contributed by atoms with E-state index in [0.29, 0.717) is 17.2 Å². The molecule has 2 heterocycles. The van der Waals surface area contributed by atoms with E-state index in [-0.39, 0.29) is 6.79 Å². The minimum atomic E-state index is 0.229. The molecule has 0 spiro atoms. The lowest BCUT2D eigenvalue weighted by atomic mass is 10.1. The van der Waals surface area contributed by atoms with Gasteiger partial charge in [0.2, 0.25) is 6.79 Å². The largest absolute Gasteiger partial charge is 0.496 e. The molecular weight excluding hydrogens is 258 g/mol. The van der Waals surface area contributed by atoms with E-state index < -0.39 is 0 Å². The first kappa shape index (κ1) is 12.5. The summed E-state index contributed by atoms with van der Waals surface area (Å²) < 4.78 is 16.1. The number of rotatable bonds is 3. The van der Waals surface area contributed by atoms with Crippen LogP contribution in [-0.2, 0) is 0 Å². The van der Waals surface area contributed by atoms with E-state index in [1.165, 1.54) is 0 Å². The van der Waals surface area contributed by atoms with Crippen molar-refractivity contribution in [2.75, 3.05) is 32.9 Å². The summed E-state index contributed by atoms with van der Waals surface area (Å²) in [6.07, 6.45) is 0. The fourth-order valence-corrected chi connectivity index (χ4v) is 2.00. The van der Waals surface area contributed by atoms with Crippen LogP contribution in [0.4, 0.5) is 5.82 Å². The van der Waals surface area contributed by atoms with Crippen LogP contribution in [0.2, 0.25) is 0 Å². The molecule has 0 aliphatic carbocycles. The number of hydrogen-bond donors (Lipinski definition) is 0. The van der Waals surface area contributed by atoms with Gasteiger partial charge in [0.1, 0.15) is 5.75 Å². The van der Waals surface area contributed by atoms with Crippen LogP contribution in [0.25, 0.3) is 11.3 Å². The quantitative estimate of drug-likeness (QED) is 0.852. The predicted molar refractivity (Wildman–Crippen MR) is 74.5 cm³/mol. The van der Waals surface area contributed by atoms with Crippen LogP contribution < -0.4 is 19.1 Å². The van der Waals surface area contributed by atoms with E-state index in [9.17, 15) is 0 Å². The summed E-state index contributed by atoms with van der Waals surface area (Å²) in [7, 11) is 5.46. The number of fused-ring (bicyclic) bond motifs is 1. The van der Waals surface area contributed by atoms with Gasteiger partial charge in [-0.1, -0.05) is 0 Å². The number of hydrogen-bond acceptors (Lipinski definition) is 6. The maximum Gasteiger partial charge on any atom is 0.231 e. The Hall–Kier alpha value is -2.50. The Labute approximate surface area is 116 Å². The molecule has 3 rings (SSSR count). The SMILES string of the molecule is COc1cc2c(cc1-c1ccc(N(C)C)nn1)OCO2. The summed E-state index contributed by atoms with van der Waals surface area (Å²) >= 11 is 0. The van der Waals surface area contributed by atoms with Gasteiger partial charge in [-0.25, -0.2) is 0 Å². The van der Waals surface area contributed by atoms with Crippen molar-refractivity contribution in [2.24, 2.45) is 0 Å². The third-order valence-electron chi connectivity index (χ3n) is 3.08. The van der Waals surface area contributed by atoms with Crippen LogP contribution in [0.5, 0.6) is 17.2 Å². The van der Waals surface area contributed by atoms with Gasteiger partial charge in [0, 0.05) is 25.7 Å². The highest BCUT2D eigenvalue weighted by atomic mass is 16.7. The number of nitrogens with zero attached hydrogens (tertiary/aromatic N) is 3. The van der Waals surface area contributed by atoms with Crippen molar-refractivity contribution < 1.29 is 14.2 Å². The highest BCUT2D eigenvalue weighted by Crippen LogP contribution is 2.41. The monoisotopic (exact) mass is 273 g/mol. The summed E-state index contributed by atoms with van der Waals surface area (Å²) in [4.78, 5) is 1.90. The van der Waals surface area contributed by atoms with E-state index >= 15 is 0 Å². The molecule has 6 heteroatoms. The van der Waals surface area contributed by atoms with E-state index in [2.05, 4.69) is 10.2 Å². The highest BCUT2D eigenvalue weighted by molar-refractivity contribution is 5.72. The normalized spacial score (nSPS) is 12.3. The number of ether oxygens (including phenoxy) is 3. The zero-order valence-corrected chi connectivity index (χ0v) is 11.6. The molecular formula is C14H15N3O3. The van der Waals surface area contributed by atoms with Crippen molar-refractivity contribution >= 4 is 5.82 Å². The molecule has 1 aromatic heterocycles. The molecule has 0 atom stereocenters. The van der Waals surface area contributed by atoms with Gasteiger partial charge in [-0.05, 0) is 18.2 Å². The molecule has 0 saturated carbocycles. The third-order valence-corrected chi connectivity index (χ3v) is 3.08. The molecule has 1 aromatic carbocycles. The molecule has 0 amide bonds. The van der Waals surface area contributed by atoms with Crippen LogP contribution in [0, 0.1) is 0 Å². The van der Waals surface area contributed by atoms with Crippen molar-refractivity contribution in [1.29, 1.82) is 0 Å². The molecule has 0 bridgehead atoms. The maximum atomic E-state index is 5.39. The molecule has 1 aliphatic rings. The van der Waals surface area contributed by atoms with Crippen molar-refractivity contribution in [3.63, 3.8) is 0 Å². The Bertz CT molecular complexity index is 626. The Morgan fingerprint density at radius 2 is 1.85 bits per heavy atom. The topological polar surface area (TPSA) is 56.7 Å². The predicted octanol–water partition coefficient (Wildman–Crippen LogP) is 1.95. The van der Waals surface area contributed by atoms with Crippen LogP contribution in [0.3, 0.4) is 0 Å². The fraction of sp³-hybridized carbons (Fsp3) is 0.286. The molecule has 0 radical (unpaired) electrons. The van der Waals surface area contributed by atoms with Crippen LogP contribution in [0.15, 0.2) is 24.3 Å². The summed E-state index contributed by atoms with van der Waals surface area (Å²) in [5.74, 6) is 2.86. The van der Waals surface area contributed by atoms with E-state index in [1.54, 1.807) is 13.2 Å². The number of aromatic nitrogens is 2. The average Bonchev–Trinajstić information content (AvgIpc) is 2.93. The molecule has 20 heavy (non-hydrogen) atoms. The number of anilines is 1. The molecule has 2 aromatic rings. The van der Waals surface area contributed by atoms with E-state index in [4.69, 9.17) is 14.2 Å². The lowest BCUT2D eigenvalue weighted by Gasteiger charge is -2.12. The summed E-state index contributed by atoms with van der Waals surface area (Å²) in [6, 6.07) is 7.48. The maximum absolute atomic E-state index is 5.39. The molecule has 1 aliphatic heterocycles. The second-order valence-corrected chi connectivity index (χ2v) is 4.58. The second-order valence-electron chi connectivity index (χ2n) is 4.58. The van der Waals surface area contributed by atoms with Crippen molar-refractivity contribution in [3.05, 3.63) is 24.3 Å². The van der Waals surface area contributed by atoms with Crippen LogP contribution in [-0.4, -0.2) is 38.2 Å². The highest BCUT2D eigenvalue weighted by Gasteiger charge is 2.19. The van der Waals surface area contributed by atoms with Crippen molar-refractivity contribution in [2.45, 2.75) is 0 Å². The molecule has 0 fully saturated rings. The number of benzene rings is 1. The first-order valence-electron chi connectivity index (χ1n) is 6.18. The molecule has 0 unspecified atom stereocenters. The first-order chi connectivity index (χ1) is 9.69. The van der Waals surface area contributed by atoms with Crippen LogP contribution in [0.1, 0.15) is 0 Å². The molecule has 104 valence electrons. The Balaban J connectivity index is 2.04. The van der Waals surface area contributed by atoms with Gasteiger partial charge in [0.15, 0.2) is 17.3 Å². The van der Waals surface area contributed by atoms with Gasteiger partial charge in [-0.2, -0.15) is 0 Å². The Kier molecular flexibility index (Phi) is 3.06. The number of methoxy groups -OCH3 is 1. The van der Waals surface area contributed by atoms with Gasteiger partial charge in [0.25, 0.3) is 0 Å².